The first-order valence-corrected chi connectivity index (χ1v) is 8.37. The smallest absolute Gasteiger partial charge is 0.167 e. The molecule has 4 heteroatoms. The number of benzene rings is 2. The van der Waals surface area contributed by atoms with Gasteiger partial charge in [-0.2, -0.15) is 0 Å². The average molecular weight is 329 g/mol. The van der Waals surface area contributed by atoms with Crippen LogP contribution in [0.25, 0.3) is 22.2 Å². The van der Waals surface area contributed by atoms with E-state index in [1.54, 1.807) is 12.5 Å². The third kappa shape index (κ3) is 2.76. The Morgan fingerprint density at radius 1 is 1.04 bits per heavy atom. The highest BCUT2D eigenvalue weighted by atomic mass is 16.1. The summed E-state index contributed by atoms with van der Waals surface area (Å²) in [5.41, 5.74) is 3.93. The molecular formula is C21H19N3O. The normalized spacial score (nSPS) is 11.1. The number of para-hydroxylation sites is 1. The zero-order valence-electron chi connectivity index (χ0n) is 14.1. The molecule has 2 heterocycles. The Labute approximate surface area is 146 Å². The number of hydrogen-bond acceptors (Lipinski definition) is 2. The summed E-state index contributed by atoms with van der Waals surface area (Å²) < 4.78 is 4.06. The minimum atomic E-state index is 0.157. The van der Waals surface area contributed by atoms with E-state index in [0.717, 1.165) is 27.7 Å². The Bertz CT molecular complexity index is 1010. The van der Waals surface area contributed by atoms with Gasteiger partial charge >= 0.3 is 0 Å². The third-order valence-corrected chi connectivity index (χ3v) is 4.59. The molecule has 4 aromatic rings. The molecule has 2 aromatic carbocycles. The fourth-order valence-electron chi connectivity index (χ4n) is 3.38. The number of carbonyl (C=O) groups excluding carboxylic acids is 1. The van der Waals surface area contributed by atoms with Crippen molar-refractivity contribution in [2.75, 3.05) is 0 Å². The van der Waals surface area contributed by atoms with Gasteiger partial charge in [0.2, 0.25) is 0 Å². The lowest BCUT2D eigenvalue weighted by atomic mass is 10.00. The van der Waals surface area contributed by atoms with E-state index in [0.29, 0.717) is 13.0 Å². The Morgan fingerprint density at radius 3 is 2.56 bits per heavy atom. The van der Waals surface area contributed by atoms with Crippen LogP contribution < -0.4 is 0 Å². The molecular weight excluding hydrogens is 310 g/mol. The summed E-state index contributed by atoms with van der Waals surface area (Å²) in [4.78, 5) is 17.2. The molecule has 0 N–H and O–H groups in total. The minimum Gasteiger partial charge on any atom is -0.343 e. The number of imidazole rings is 1. The van der Waals surface area contributed by atoms with Crippen molar-refractivity contribution in [1.82, 2.24) is 14.1 Å². The van der Waals surface area contributed by atoms with Crippen LogP contribution in [-0.2, 0) is 13.6 Å². The maximum Gasteiger partial charge on any atom is 0.167 e. The van der Waals surface area contributed by atoms with Crippen LogP contribution in [-0.4, -0.2) is 19.9 Å². The molecule has 25 heavy (non-hydrogen) atoms. The van der Waals surface area contributed by atoms with Crippen LogP contribution >= 0.6 is 0 Å². The Balaban J connectivity index is 1.82. The van der Waals surface area contributed by atoms with Crippen LogP contribution in [0.3, 0.4) is 0 Å². The van der Waals surface area contributed by atoms with Crippen LogP contribution in [0.2, 0.25) is 0 Å². The summed E-state index contributed by atoms with van der Waals surface area (Å²) in [6, 6.07) is 18.2. The van der Waals surface area contributed by atoms with E-state index in [-0.39, 0.29) is 5.78 Å². The van der Waals surface area contributed by atoms with Crippen molar-refractivity contribution >= 4 is 16.7 Å². The molecule has 0 bridgehead atoms. The average Bonchev–Trinajstić information content (AvgIpc) is 3.27. The summed E-state index contributed by atoms with van der Waals surface area (Å²) >= 11 is 0. The van der Waals surface area contributed by atoms with Crippen LogP contribution in [0.15, 0.2) is 73.3 Å². The molecule has 0 saturated heterocycles. The van der Waals surface area contributed by atoms with Crippen LogP contribution in [0.4, 0.5) is 0 Å². The second-order valence-corrected chi connectivity index (χ2v) is 6.14. The van der Waals surface area contributed by atoms with Gasteiger partial charge in [-0.05, 0) is 11.6 Å². The molecule has 4 rings (SSSR count). The van der Waals surface area contributed by atoms with Gasteiger partial charge in [0.25, 0.3) is 0 Å². The zero-order valence-corrected chi connectivity index (χ0v) is 14.1. The quantitative estimate of drug-likeness (QED) is 0.512. The highest BCUT2D eigenvalue weighted by Gasteiger charge is 2.21. The van der Waals surface area contributed by atoms with Gasteiger partial charge in [0.1, 0.15) is 0 Å². The van der Waals surface area contributed by atoms with Gasteiger partial charge in [-0.3, -0.25) is 4.79 Å². The van der Waals surface area contributed by atoms with Gasteiger partial charge in [0.05, 0.1) is 17.6 Å². The number of aryl methyl sites for hydroxylation is 2. The highest BCUT2D eigenvalue weighted by molar-refractivity contribution is 6.13. The number of aromatic nitrogens is 3. The van der Waals surface area contributed by atoms with Gasteiger partial charge in [0, 0.05) is 43.3 Å². The number of rotatable bonds is 5. The van der Waals surface area contributed by atoms with Crippen molar-refractivity contribution < 1.29 is 4.79 Å². The van der Waals surface area contributed by atoms with Crippen LogP contribution in [0, 0.1) is 0 Å². The molecule has 4 nitrogen and oxygen atoms in total. The molecule has 0 amide bonds. The van der Waals surface area contributed by atoms with E-state index >= 15 is 0 Å². The monoisotopic (exact) mass is 329 g/mol. The standard InChI is InChI=1S/C21H19N3O/c1-23-18-10-6-5-9-17(18)20(21(23)16-7-3-2-4-8-16)19(25)11-13-24-14-12-22-15-24/h2-10,12,14-15H,11,13H2,1H3. The molecule has 0 aliphatic heterocycles. The van der Waals surface area contributed by atoms with E-state index in [1.807, 2.05) is 54.2 Å². The number of fused-ring (bicyclic) bond motifs is 1. The Morgan fingerprint density at radius 2 is 1.80 bits per heavy atom. The second kappa shape index (κ2) is 6.40. The topological polar surface area (TPSA) is 39.8 Å². The molecule has 0 fully saturated rings. The zero-order chi connectivity index (χ0) is 17.2. The van der Waals surface area contributed by atoms with Crippen LogP contribution in [0.5, 0.6) is 0 Å². The number of ketones is 1. The van der Waals surface area contributed by atoms with Crippen LogP contribution in [0.1, 0.15) is 16.8 Å². The number of hydrogen-bond donors (Lipinski definition) is 0. The van der Waals surface area contributed by atoms with E-state index < -0.39 is 0 Å². The maximum absolute atomic E-state index is 13.1. The first-order valence-electron chi connectivity index (χ1n) is 8.37. The molecule has 0 spiro atoms. The largest absolute Gasteiger partial charge is 0.343 e. The van der Waals surface area contributed by atoms with Gasteiger partial charge in [0.15, 0.2) is 5.78 Å². The fourth-order valence-corrected chi connectivity index (χ4v) is 3.38. The molecule has 0 aliphatic rings. The van der Waals surface area contributed by atoms with Crippen molar-refractivity contribution in [3.8, 4) is 11.3 Å². The Kier molecular flexibility index (Phi) is 3.94. The molecule has 124 valence electrons. The lowest BCUT2D eigenvalue weighted by molar-refractivity contribution is 0.0979. The van der Waals surface area contributed by atoms with Crippen molar-refractivity contribution in [3.05, 3.63) is 78.9 Å². The van der Waals surface area contributed by atoms with Gasteiger partial charge in [-0.1, -0.05) is 48.5 Å². The second-order valence-electron chi connectivity index (χ2n) is 6.14. The molecule has 0 saturated carbocycles. The first-order chi connectivity index (χ1) is 12.3. The van der Waals surface area contributed by atoms with Gasteiger partial charge in [-0.25, -0.2) is 4.98 Å². The number of carbonyl (C=O) groups is 1. The number of nitrogens with zero attached hydrogens (tertiary/aromatic N) is 3. The fraction of sp³-hybridized carbons (Fsp3) is 0.143. The Hall–Kier alpha value is -3.14. The van der Waals surface area contributed by atoms with Crippen molar-refractivity contribution in [2.45, 2.75) is 13.0 Å². The van der Waals surface area contributed by atoms with Gasteiger partial charge in [-0.15, -0.1) is 0 Å². The van der Waals surface area contributed by atoms with E-state index in [1.165, 1.54) is 0 Å². The highest BCUT2D eigenvalue weighted by Crippen LogP contribution is 2.33. The molecule has 0 aliphatic carbocycles. The lowest BCUT2D eigenvalue weighted by Crippen LogP contribution is -2.06. The third-order valence-electron chi connectivity index (χ3n) is 4.59. The van der Waals surface area contributed by atoms with E-state index in [4.69, 9.17) is 0 Å². The minimum absolute atomic E-state index is 0.157. The van der Waals surface area contributed by atoms with Crippen molar-refractivity contribution in [2.24, 2.45) is 7.05 Å². The number of Topliss-reactive ketones (excluding diaryl/α,β-unsaturated/α-hetero) is 1. The van der Waals surface area contributed by atoms with E-state index in [9.17, 15) is 4.79 Å². The van der Waals surface area contributed by atoms with Gasteiger partial charge < -0.3 is 9.13 Å². The summed E-state index contributed by atoms with van der Waals surface area (Å²) in [5.74, 6) is 0.157. The summed E-state index contributed by atoms with van der Waals surface area (Å²) in [7, 11) is 2.03. The lowest BCUT2D eigenvalue weighted by Gasteiger charge is -2.08. The molecule has 0 unspecified atom stereocenters. The molecule has 2 aromatic heterocycles. The molecule has 0 atom stereocenters. The summed E-state index contributed by atoms with van der Waals surface area (Å²) in [5, 5.41) is 1.01. The predicted molar refractivity (Wildman–Crippen MR) is 99.5 cm³/mol. The summed E-state index contributed by atoms with van der Waals surface area (Å²) in [6.45, 7) is 0.635. The maximum atomic E-state index is 13.1. The molecule has 0 radical (unpaired) electrons. The van der Waals surface area contributed by atoms with Crippen molar-refractivity contribution in [3.63, 3.8) is 0 Å². The van der Waals surface area contributed by atoms with Crippen molar-refractivity contribution in [1.29, 1.82) is 0 Å². The summed E-state index contributed by atoms with van der Waals surface area (Å²) in [6.07, 6.45) is 5.81. The SMILES string of the molecule is Cn1c(-c2ccccc2)c(C(=O)CCn2ccnc2)c2ccccc21. The predicted octanol–water partition coefficient (Wildman–Crippen LogP) is 4.31. The first kappa shape index (κ1) is 15.4. The van der Waals surface area contributed by atoms with E-state index in [2.05, 4.69) is 27.8 Å².